The molecule has 4 rings (SSSR count). The molecule has 2 amide bonds. The van der Waals surface area contributed by atoms with Gasteiger partial charge in [-0.3, -0.25) is 9.59 Å². The van der Waals surface area contributed by atoms with Crippen LogP contribution in [0.3, 0.4) is 0 Å². The van der Waals surface area contributed by atoms with Gasteiger partial charge in [0.1, 0.15) is 0 Å². The van der Waals surface area contributed by atoms with Gasteiger partial charge in [0.25, 0.3) is 5.91 Å². The maximum atomic E-state index is 12.7. The van der Waals surface area contributed by atoms with Crippen molar-refractivity contribution in [3.05, 3.63) is 65.7 Å². The van der Waals surface area contributed by atoms with E-state index in [1.807, 2.05) is 35.2 Å². The van der Waals surface area contributed by atoms with Crippen molar-refractivity contribution in [2.24, 2.45) is 5.92 Å². The Labute approximate surface area is 154 Å². The molecule has 2 aromatic carbocycles. The molecular formula is C22H24N2O2. The molecule has 2 fully saturated rings. The number of benzene rings is 2. The number of likely N-dealkylation sites (tertiary alicyclic amines) is 1. The summed E-state index contributed by atoms with van der Waals surface area (Å²) < 4.78 is 0. The van der Waals surface area contributed by atoms with E-state index in [0.717, 1.165) is 44.5 Å². The van der Waals surface area contributed by atoms with Crippen LogP contribution < -0.4 is 5.32 Å². The third kappa shape index (κ3) is 3.79. The molecule has 1 aliphatic carbocycles. The Bertz CT molecular complexity index is 774. The zero-order valence-corrected chi connectivity index (χ0v) is 14.9. The van der Waals surface area contributed by atoms with E-state index < -0.39 is 0 Å². The van der Waals surface area contributed by atoms with Gasteiger partial charge in [0.2, 0.25) is 5.91 Å². The van der Waals surface area contributed by atoms with Crippen LogP contribution >= 0.6 is 0 Å². The van der Waals surface area contributed by atoms with E-state index in [1.165, 1.54) is 5.56 Å². The third-order valence-corrected chi connectivity index (χ3v) is 5.40. The number of hydrogen-bond acceptors (Lipinski definition) is 2. The molecule has 0 spiro atoms. The predicted molar refractivity (Wildman–Crippen MR) is 102 cm³/mol. The van der Waals surface area contributed by atoms with E-state index >= 15 is 0 Å². The first-order valence-electron chi connectivity index (χ1n) is 9.46. The molecule has 26 heavy (non-hydrogen) atoms. The second kappa shape index (κ2) is 7.32. The quantitative estimate of drug-likeness (QED) is 0.906. The van der Waals surface area contributed by atoms with E-state index in [0.29, 0.717) is 11.5 Å². The van der Waals surface area contributed by atoms with Crippen LogP contribution in [0.15, 0.2) is 54.6 Å². The smallest absolute Gasteiger partial charge is 0.253 e. The average Bonchev–Trinajstić information content (AvgIpc) is 3.54. The highest BCUT2D eigenvalue weighted by Crippen LogP contribution is 2.30. The molecular weight excluding hydrogens is 324 g/mol. The highest BCUT2D eigenvalue weighted by atomic mass is 16.2. The first-order chi connectivity index (χ1) is 12.7. The van der Waals surface area contributed by atoms with Gasteiger partial charge in [-0.2, -0.15) is 0 Å². The van der Waals surface area contributed by atoms with Gasteiger partial charge in [-0.25, -0.2) is 0 Å². The monoisotopic (exact) mass is 348 g/mol. The Balaban J connectivity index is 1.33. The lowest BCUT2D eigenvalue weighted by Gasteiger charge is -2.32. The van der Waals surface area contributed by atoms with Crippen LogP contribution in [0, 0.1) is 5.92 Å². The summed E-state index contributed by atoms with van der Waals surface area (Å²) in [4.78, 5) is 26.5. The number of carbonyl (C=O) groups is 2. The van der Waals surface area contributed by atoms with Gasteiger partial charge in [-0.15, -0.1) is 0 Å². The summed E-state index contributed by atoms with van der Waals surface area (Å²) in [7, 11) is 0. The molecule has 4 heteroatoms. The number of nitrogens with one attached hydrogen (secondary N) is 1. The maximum Gasteiger partial charge on any atom is 0.253 e. The van der Waals surface area contributed by atoms with E-state index in [2.05, 4.69) is 29.6 Å². The molecule has 0 aromatic heterocycles. The Morgan fingerprint density at radius 1 is 0.846 bits per heavy atom. The van der Waals surface area contributed by atoms with Crippen LogP contribution in [0.25, 0.3) is 0 Å². The Morgan fingerprint density at radius 2 is 1.50 bits per heavy atom. The van der Waals surface area contributed by atoms with Gasteiger partial charge in [0.05, 0.1) is 0 Å². The van der Waals surface area contributed by atoms with Crippen LogP contribution in [0.2, 0.25) is 0 Å². The number of anilines is 1. The minimum Gasteiger partial charge on any atom is -0.339 e. The van der Waals surface area contributed by atoms with E-state index in [-0.39, 0.29) is 17.7 Å². The van der Waals surface area contributed by atoms with Gasteiger partial charge in [-0.05, 0) is 61.4 Å². The lowest BCUT2D eigenvalue weighted by Crippen LogP contribution is -2.37. The van der Waals surface area contributed by atoms with Crippen molar-refractivity contribution in [1.82, 2.24) is 4.90 Å². The zero-order valence-electron chi connectivity index (χ0n) is 14.9. The van der Waals surface area contributed by atoms with Crippen LogP contribution in [-0.4, -0.2) is 29.8 Å². The number of rotatable bonds is 4. The van der Waals surface area contributed by atoms with E-state index in [9.17, 15) is 9.59 Å². The molecule has 1 saturated heterocycles. The summed E-state index contributed by atoms with van der Waals surface area (Å²) in [5.74, 6) is 0.895. The molecule has 134 valence electrons. The lowest BCUT2D eigenvalue weighted by molar-refractivity contribution is -0.117. The van der Waals surface area contributed by atoms with E-state index in [1.54, 1.807) is 0 Å². The lowest BCUT2D eigenvalue weighted by atomic mass is 9.89. The van der Waals surface area contributed by atoms with Gasteiger partial charge in [-0.1, -0.05) is 30.3 Å². The van der Waals surface area contributed by atoms with Crippen LogP contribution in [0.1, 0.15) is 47.5 Å². The summed E-state index contributed by atoms with van der Waals surface area (Å²) in [5.41, 5.74) is 2.82. The van der Waals surface area contributed by atoms with Gasteiger partial charge in [0.15, 0.2) is 0 Å². The van der Waals surface area contributed by atoms with Crippen LogP contribution in [-0.2, 0) is 4.79 Å². The van der Waals surface area contributed by atoms with Crippen LogP contribution in [0.5, 0.6) is 0 Å². The number of piperidine rings is 1. The van der Waals surface area contributed by atoms with Crippen molar-refractivity contribution in [2.45, 2.75) is 31.6 Å². The first kappa shape index (κ1) is 16.8. The normalized spacial score (nSPS) is 17.8. The summed E-state index contributed by atoms with van der Waals surface area (Å²) in [6.07, 6.45) is 3.99. The van der Waals surface area contributed by atoms with Crippen molar-refractivity contribution in [1.29, 1.82) is 0 Å². The topological polar surface area (TPSA) is 49.4 Å². The van der Waals surface area contributed by atoms with Crippen molar-refractivity contribution in [3.63, 3.8) is 0 Å². The molecule has 2 aromatic rings. The highest BCUT2D eigenvalue weighted by molar-refractivity contribution is 5.96. The molecule has 0 atom stereocenters. The SMILES string of the molecule is O=C(Nc1ccc(C(=O)N2CCC(c3ccccc3)CC2)cc1)C1CC1. The molecule has 1 aliphatic heterocycles. The van der Waals surface area contributed by atoms with E-state index in [4.69, 9.17) is 0 Å². The molecule has 0 unspecified atom stereocenters. The molecule has 1 saturated carbocycles. The van der Waals surface area contributed by atoms with Crippen LogP contribution in [0.4, 0.5) is 5.69 Å². The van der Waals surface area contributed by atoms with Gasteiger partial charge < -0.3 is 10.2 Å². The fourth-order valence-corrected chi connectivity index (χ4v) is 3.61. The molecule has 1 N–H and O–H groups in total. The zero-order chi connectivity index (χ0) is 17.9. The minimum atomic E-state index is 0.0802. The second-order valence-electron chi connectivity index (χ2n) is 7.32. The minimum absolute atomic E-state index is 0.0802. The largest absolute Gasteiger partial charge is 0.339 e. The van der Waals surface area contributed by atoms with Crippen molar-refractivity contribution in [2.75, 3.05) is 18.4 Å². The second-order valence-corrected chi connectivity index (χ2v) is 7.32. The Morgan fingerprint density at radius 3 is 2.12 bits per heavy atom. The number of carbonyl (C=O) groups excluding carboxylic acids is 2. The fourth-order valence-electron chi connectivity index (χ4n) is 3.61. The standard InChI is InChI=1S/C22H24N2O2/c25-21(18-6-7-18)23-20-10-8-19(9-11-20)22(26)24-14-12-17(13-15-24)16-4-2-1-3-5-16/h1-5,8-11,17-18H,6-7,12-15H2,(H,23,25). The summed E-state index contributed by atoms with van der Waals surface area (Å²) in [6, 6.07) is 17.8. The third-order valence-electron chi connectivity index (χ3n) is 5.40. The summed E-state index contributed by atoms with van der Waals surface area (Å²) in [6.45, 7) is 1.58. The summed E-state index contributed by atoms with van der Waals surface area (Å²) >= 11 is 0. The summed E-state index contributed by atoms with van der Waals surface area (Å²) in [5, 5.41) is 2.91. The molecule has 0 bridgehead atoms. The maximum absolute atomic E-state index is 12.7. The van der Waals surface area contributed by atoms with Crippen molar-refractivity contribution >= 4 is 17.5 Å². The number of nitrogens with zero attached hydrogens (tertiary/aromatic N) is 1. The molecule has 0 radical (unpaired) electrons. The number of amides is 2. The van der Waals surface area contributed by atoms with Crippen molar-refractivity contribution in [3.8, 4) is 0 Å². The molecule has 4 nitrogen and oxygen atoms in total. The first-order valence-corrected chi connectivity index (χ1v) is 9.46. The van der Waals surface area contributed by atoms with Gasteiger partial charge in [0, 0.05) is 30.3 Å². The molecule has 1 heterocycles. The molecule has 2 aliphatic rings. The van der Waals surface area contributed by atoms with Crippen molar-refractivity contribution < 1.29 is 9.59 Å². The number of hydrogen-bond donors (Lipinski definition) is 1. The highest BCUT2D eigenvalue weighted by Gasteiger charge is 2.29. The van der Waals surface area contributed by atoms with Gasteiger partial charge >= 0.3 is 0 Å². The fraction of sp³-hybridized carbons (Fsp3) is 0.364. The Kier molecular flexibility index (Phi) is 4.74. The predicted octanol–water partition coefficient (Wildman–Crippen LogP) is 4.05. The Hall–Kier alpha value is -2.62. The average molecular weight is 348 g/mol.